The lowest BCUT2D eigenvalue weighted by molar-refractivity contribution is 0.102. The molecule has 2 aromatic heterocycles. The lowest BCUT2D eigenvalue weighted by atomic mass is 10.2. The van der Waals surface area contributed by atoms with E-state index in [2.05, 4.69) is 15.3 Å². The van der Waals surface area contributed by atoms with Gasteiger partial charge in [-0.2, -0.15) is 9.37 Å². The van der Waals surface area contributed by atoms with Gasteiger partial charge in [0.2, 0.25) is 5.82 Å². The van der Waals surface area contributed by atoms with E-state index in [9.17, 15) is 18.4 Å². The normalized spacial score (nSPS) is 10.6. The number of nitrogens with zero attached hydrogens (tertiary/aromatic N) is 3. The minimum atomic E-state index is -0.924. The number of benzene rings is 2. The third-order valence-electron chi connectivity index (χ3n) is 4.48. The van der Waals surface area contributed by atoms with Gasteiger partial charge in [-0.05, 0) is 48.5 Å². The van der Waals surface area contributed by atoms with Crippen molar-refractivity contribution in [2.75, 3.05) is 11.1 Å². The topological polar surface area (TPSA) is 112 Å². The molecule has 0 atom stereocenters. The fourth-order valence-electron chi connectivity index (χ4n) is 2.87. The largest absolute Gasteiger partial charge is 0.436 e. The molecule has 2 heterocycles. The van der Waals surface area contributed by atoms with Gasteiger partial charge in [0.1, 0.15) is 23.5 Å². The van der Waals surface area contributed by atoms with Crippen molar-refractivity contribution in [3.63, 3.8) is 0 Å². The van der Waals surface area contributed by atoms with Crippen molar-refractivity contribution in [1.82, 2.24) is 14.5 Å². The number of nitrogens with two attached hydrogens (primary N) is 1. The van der Waals surface area contributed by atoms with Crippen LogP contribution in [0.3, 0.4) is 0 Å². The van der Waals surface area contributed by atoms with E-state index in [0.29, 0.717) is 5.69 Å². The molecule has 4 rings (SSSR count). The van der Waals surface area contributed by atoms with E-state index in [1.807, 2.05) is 0 Å². The Hall–Kier alpha value is -4.31. The van der Waals surface area contributed by atoms with Crippen LogP contribution < -0.4 is 21.3 Å². The molecule has 0 aliphatic heterocycles. The Bertz CT molecular complexity index is 1410. The van der Waals surface area contributed by atoms with Crippen LogP contribution in [0.5, 0.6) is 11.6 Å². The summed E-state index contributed by atoms with van der Waals surface area (Å²) in [6.07, 6.45) is 2.51. The van der Waals surface area contributed by atoms with Gasteiger partial charge < -0.3 is 15.8 Å². The number of rotatable bonds is 5. The zero-order chi connectivity index (χ0) is 23.5. The Balaban J connectivity index is 1.55. The van der Waals surface area contributed by atoms with Crippen LogP contribution in [0.25, 0.3) is 5.69 Å². The lowest BCUT2D eigenvalue weighted by Crippen LogP contribution is -2.27. The molecule has 4 aromatic rings. The Morgan fingerprint density at radius 3 is 2.58 bits per heavy atom. The lowest BCUT2D eigenvalue weighted by Gasteiger charge is -2.11. The first-order chi connectivity index (χ1) is 15.8. The molecule has 0 radical (unpaired) electrons. The number of carbonyl (C=O) groups is 1. The molecule has 0 bridgehead atoms. The summed E-state index contributed by atoms with van der Waals surface area (Å²) in [5.41, 5.74) is 5.21. The Labute approximate surface area is 190 Å². The van der Waals surface area contributed by atoms with Gasteiger partial charge in [0.25, 0.3) is 17.3 Å². The van der Waals surface area contributed by atoms with Crippen LogP contribution in [-0.4, -0.2) is 20.4 Å². The second-order valence-electron chi connectivity index (χ2n) is 6.65. The molecule has 0 saturated carbocycles. The summed E-state index contributed by atoms with van der Waals surface area (Å²) in [5, 5.41) is 2.61. The quantitative estimate of drug-likeness (QED) is 0.453. The standard InChI is InChI=1S/C22H14ClF2N5O3/c23-16-10-14(33-21-18(25)19(26)27-11-28-21)7-8-17(16)29-20(31)15-2-1-9-30(22(15)32)13-5-3-12(24)4-6-13/h1-11H,(H,29,31)(H2,26,27,28). The van der Waals surface area contributed by atoms with E-state index in [1.165, 1.54) is 65.4 Å². The maximum absolute atomic E-state index is 13.9. The van der Waals surface area contributed by atoms with Crippen molar-refractivity contribution in [2.45, 2.75) is 0 Å². The predicted octanol–water partition coefficient (Wildman–Crippen LogP) is 4.19. The second-order valence-corrected chi connectivity index (χ2v) is 7.06. The van der Waals surface area contributed by atoms with Crippen LogP contribution in [0, 0.1) is 11.6 Å². The molecule has 0 spiro atoms. The molecule has 8 nitrogen and oxygen atoms in total. The number of halogens is 3. The van der Waals surface area contributed by atoms with Gasteiger partial charge in [-0.15, -0.1) is 0 Å². The van der Waals surface area contributed by atoms with E-state index in [0.717, 1.165) is 6.33 Å². The van der Waals surface area contributed by atoms with Crippen molar-refractivity contribution in [3.8, 4) is 17.3 Å². The number of hydrogen-bond donors (Lipinski definition) is 2. The summed E-state index contributed by atoms with van der Waals surface area (Å²) in [5.74, 6) is -2.71. The van der Waals surface area contributed by atoms with E-state index in [-0.39, 0.29) is 33.7 Å². The molecule has 0 aliphatic rings. The Morgan fingerprint density at radius 1 is 1.09 bits per heavy atom. The van der Waals surface area contributed by atoms with Crippen LogP contribution in [0.2, 0.25) is 5.02 Å². The number of amides is 1. The first-order valence-electron chi connectivity index (χ1n) is 9.36. The number of carbonyl (C=O) groups excluding carboxylic acids is 1. The van der Waals surface area contributed by atoms with Crippen LogP contribution in [0.1, 0.15) is 10.4 Å². The summed E-state index contributed by atoms with van der Waals surface area (Å²) >= 11 is 6.22. The maximum atomic E-state index is 13.9. The molecule has 166 valence electrons. The molecule has 0 fully saturated rings. The fraction of sp³-hybridized carbons (Fsp3) is 0. The van der Waals surface area contributed by atoms with Crippen LogP contribution >= 0.6 is 11.6 Å². The van der Waals surface area contributed by atoms with Crippen molar-refractivity contribution >= 4 is 29.0 Å². The Kier molecular flexibility index (Phi) is 6.01. The number of ether oxygens (including phenoxy) is 1. The highest BCUT2D eigenvalue weighted by molar-refractivity contribution is 6.34. The number of nitrogen functional groups attached to an aromatic ring is 1. The summed E-state index contributed by atoms with van der Waals surface area (Å²) in [6, 6.07) is 12.3. The fourth-order valence-corrected chi connectivity index (χ4v) is 3.09. The summed E-state index contributed by atoms with van der Waals surface area (Å²) in [7, 11) is 0. The van der Waals surface area contributed by atoms with Crippen molar-refractivity contribution in [3.05, 3.63) is 99.7 Å². The van der Waals surface area contributed by atoms with Crippen molar-refractivity contribution in [1.29, 1.82) is 0 Å². The van der Waals surface area contributed by atoms with E-state index >= 15 is 0 Å². The Morgan fingerprint density at radius 2 is 1.85 bits per heavy atom. The van der Waals surface area contributed by atoms with Crippen LogP contribution in [0.15, 0.2) is 71.9 Å². The molecular formula is C22H14ClF2N5O3. The number of anilines is 2. The molecule has 0 saturated heterocycles. The SMILES string of the molecule is Nc1ncnc(Oc2ccc(NC(=O)c3cccn(-c4ccc(F)cc4)c3=O)c(Cl)c2)c1F. The van der Waals surface area contributed by atoms with Gasteiger partial charge >= 0.3 is 0 Å². The van der Waals surface area contributed by atoms with Crippen molar-refractivity contribution in [2.24, 2.45) is 0 Å². The second kappa shape index (κ2) is 9.05. The number of aromatic nitrogens is 3. The van der Waals surface area contributed by atoms with Crippen LogP contribution in [0.4, 0.5) is 20.3 Å². The van der Waals surface area contributed by atoms with Gasteiger partial charge in [0.15, 0.2) is 5.82 Å². The highest BCUT2D eigenvalue weighted by Crippen LogP contribution is 2.30. The van der Waals surface area contributed by atoms with E-state index < -0.39 is 23.1 Å². The number of hydrogen-bond acceptors (Lipinski definition) is 6. The summed E-state index contributed by atoms with van der Waals surface area (Å²) in [6.45, 7) is 0. The van der Waals surface area contributed by atoms with E-state index in [1.54, 1.807) is 0 Å². The molecule has 11 heteroatoms. The molecule has 0 aliphatic carbocycles. The maximum Gasteiger partial charge on any atom is 0.267 e. The minimum Gasteiger partial charge on any atom is -0.436 e. The highest BCUT2D eigenvalue weighted by Gasteiger charge is 2.16. The molecule has 3 N–H and O–H groups in total. The average molecular weight is 470 g/mol. The molecular weight excluding hydrogens is 456 g/mol. The summed E-state index contributed by atoms with van der Waals surface area (Å²) < 4.78 is 33.6. The van der Waals surface area contributed by atoms with Gasteiger partial charge in [-0.1, -0.05) is 11.6 Å². The minimum absolute atomic E-state index is 0.0677. The first-order valence-corrected chi connectivity index (χ1v) is 9.73. The third kappa shape index (κ3) is 4.65. The smallest absolute Gasteiger partial charge is 0.267 e. The van der Waals surface area contributed by atoms with Gasteiger partial charge in [0.05, 0.1) is 10.7 Å². The predicted molar refractivity (Wildman–Crippen MR) is 118 cm³/mol. The number of nitrogens with one attached hydrogen (secondary N) is 1. The monoisotopic (exact) mass is 469 g/mol. The summed E-state index contributed by atoms with van der Waals surface area (Å²) in [4.78, 5) is 32.7. The molecule has 1 amide bonds. The van der Waals surface area contributed by atoms with E-state index in [4.69, 9.17) is 22.1 Å². The zero-order valence-corrected chi connectivity index (χ0v) is 17.4. The third-order valence-corrected chi connectivity index (χ3v) is 4.80. The average Bonchev–Trinajstić information content (AvgIpc) is 2.79. The number of pyridine rings is 1. The first kappa shape index (κ1) is 21.9. The van der Waals surface area contributed by atoms with Gasteiger partial charge in [-0.3, -0.25) is 14.2 Å². The molecule has 2 aromatic carbocycles. The van der Waals surface area contributed by atoms with Crippen LogP contribution in [-0.2, 0) is 0 Å². The molecule has 33 heavy (non-hydrogen) atoms. The highest BCUT2D eigenvalue weighted by atomic mass is 35.5. The van der Waals surface area contributed by atoms with Crippen molar-refractivity contribution < 1.29 is 18.3 Å². The molecule has 0 unspecified atom stereocenters. The van der Waals surface area contributed by atoms with Gasteiger partial charge in [0, 0.05) is 18.0 Å². The van der Waals surface area contributed by atoms with Gasteiger partial charge in [-0.25, -0.2) is 9.37 Å². The zero-order valence-electron chi connectivity index (χ0n) is 16.6.